The first-order valence-corrected chi connectivity index (χ1v) is 8.06. The molecule has 4 nitrogen and oxygen atoms in total. The summed E-state index contributed by atoms with van der Waals surface area (Å²) in [6.45, 7) is 6.02. The Morgan fingerprint density at radius 2 is 1.89 bits per heavy atom. The first-order chi connectivity index (χ1) is 8.85. The van der Waals surface area contributed by atoms with Crippen molar-refractivity contribution in [2.24, 2.45) is 5.92 Å². The summed E-state index contributed by atoms with van der Waals surface area (Å²) in [7, 11) is -1.65. The maximum Gasteiger partial charge on any atom is 0.211 e. The second-order valence-electron chi connectivity index (χ2n) is 5.10. The number of ether oxygens (including phenoxy) is 1. The van der Waals surface area contributed by atoms with E-state index in [1.54, 1.807) is 7.11 Å². The molecule has 0 fully saturated rings. The fraction of sp³-hybridized carbons (Fsp3) is 0.571. The average molecular weight is 285 g/mol. The number of rotatable bonds is 7. The van der Waals surface area contributed by atoms with E-state index < -0.39 is 10.0 Å². The van der Waals surface area contributed by atoms with Crippen LogP contribution in [0, 0.1) is 12.8 Å². The molecule has 0 saturated carbocycles. The molecule has 108 valence electrons. The molecule has 0 aliphatic heterocycles. The van der Waals surface area contributed by atoms with Gasteiger partial charge < -0.3 is 4.74 Å². The normalized spacial score (nSPS) is 13.7. The largest absolute Gasteiger partial charge is 0.375 e. The van der Waals surface area contributed by atoms with Crippen molar-refractivity contribution in [2.45, 2.75) is 26.9 Å². The molecular formula is C14H23NO3S. The molecule has 0 amide bonds. The van der Waals surface area contributed by atoms with Crippen molar-refractivity contribution in [2.75, 3.05) is 19.4 Å². The van der Waals surface area contributed by atoms with Crippen LogP contribution in [0.5, 0.6) is 0 Å². The van der Waals surface area contributed by atoms with E-state index in [2.05, 4.69) is 4.72 Å². The van der Waals surface area contributed by atoms with Crippen LogP contribution < -0.4 is 4.72 Å². The van der Waals surface area contributed by atoms with Crippen molar-refractivity contribution >= 4 is 10.0 Å². The summed E-state index contributed by atoms with van der Waals surface area (Å²) in [6, 6.07) is 7.83. The quantitative estimate of drug-likeness (QED) is 0.836. The van der Waals surface area contributed by atoms with Crippen molar-refractivity contribution in [3.05, 3.63) is 35.4 Å². The Balaban J connectivity index is 2.72. The van der Waals surface area contributed by atoms with E-state index in [1.807, 2.05) is 45.0 Å². The first-order valence-electron chi connectivity index (χ1n) is 6.41. The molecule has 1 N–H and O–H groups in total. The van der Waals surface area contributed by atoms with Crippen LogP contribution in [0.1, 0.15) is 31.1 Å². The van der Waals surface area contributed by atoms with Crippen LogP contribution in [0.3, 0.4) is 0 Å². The van der Waals surface area contributed by atoms with Crippen LogP contribution in [0.4, 0.5) is 0 Å². The Bertz CT molecular complexity index is 497. The second-order valence-corrected chi connectivity index (χ2v) is 6.96. The molecule has 0 aliphatic rings. The molecule has 0 spiro atoms. The third-order valence-electron chi connectivity index (χ3n) is 2.86. The van der Waals surface area contributed by atoms with Gasteiger partial charge in [-0.05, 0) is 24.0 Å². The maximum absolute atomic E-state index is 11.8. The van der Waals surface area contributed by atoms with Gasteiger partial charge in [-0.1, -0.05) is 38.1 Å². The van der Waals surface area contributed by atoms with Gasteiger partial charge in [0.15, 0.2) is 0 Å². The molecule has 1 atom stereocenters. The lowest BCUT2D eigenvalue weighted by Crippen LogP contribution is -2.32. The van der Waals surface area contributed by atoms with Crippen LogP contribution in [0.2, 0.25) is 0 Å². The second kappa shape index (κ2) is 7.03. The van der Waals surface area contributed by atoms with E-state index >= 15 is 0 Å². The van der Waals surface area contributed by atoms with Gasteiger partial charge in [0.2, 0.25) is 10.0 Å². The van der Waals surface area contributed by atoms with Gasteiger partial charge in [0.1, 0.15) is 0 Å². The van der Waals surface area contributed by atoms with E-state index in [-0.39, 0.29) is 24.3 Å². The van der Waals surface area contributed by atoms with Gasteiger partial charge in [-0.2, -0.15) is 0 Å². The molecular weight excluding hydrogens is 262 g/mol. The Morgan fingerprint density at radius 1 is 1.26 bits per heavy atom. The van der Waals surface area contributed by atoms with Gasteiger partial charge >= 0.3 is 0 Å². The lowest BCUT2D eigenvalue weighted by atomic mass is 10.0. The highest BCUT2D eigenvalue weighted by Crippen LogP contribution is 2.19. The smallest absolute Gasteiger partial charge is 0.211 e. The topological polar surface area (TPSA) is 55.4 Å². The molecule has 0 radical (unpaired) electrons. The Labute approximate surface area is 116 Å². The first kappa shape index (κ1) is 16.1. The molecule has 0 bridgehead atoms. The predicted octanol–water partition coefficient (Wildman–Crippen LogP) is 2.26. The van der Waals surface area contributed by atoms with E-state index in [0.29, 0.717) is 0 Å². The van der Waals surface area contributed by atoms with Crippen LogP contribution in [-0.4, -0.2) is 27.8 Å². The zero-order valence-corrected chi connectivity index (χ0v) is 12.8. The van der Waals surface area contributed by atoms with Crippen molar-refractivity contribution in [3.8, 4) is 0 Å². The zero-order chi connectivity index (χ0) is 14.5. The number of methoxy groups -OCH3 is 1. The summed E-state index contributed by atoms with van der Waals surface area (Å²) in [4.78, 5) is 0. The van der Waals surface area contributed by atoms with Crippen LogP contribution in [0.25, 0.3) is 0 Å². The summed E-state index contributed by atoms with van der Waals surface area (Å²) < 4.78 is 31.6. The van der Waals surface area contributed by atoms with E-state index in [9.17, 15) is 8.42 Å². The van der Waals surface area contributed by atoms with Gasteiger partial charge in [-0.25, -0.2) is 13.1 Å². The van der Waals surface area contributed by atoms with E-state index in [1.165, 1.54) is 0 Å². The molecule has 0 heterocycles. The molecule has 1 aromatic carbocycles. The molecule has 0 aliphatic carbocycles. The lowest BCUT2D eigenvalue weighted by Gasteiger charge is -2.19. The van der Waals surface area contributed by atoms with Gasteiger partial charge in [0.25, 0.3) is 0 Å². The van der Waals surface area contributed by atoms with E-state index in [4.69, 9.17) is 4.74 Å². The molecule has 0 saturated heterocycles. The molecule has 1 rings (SSSR count). The third kappa shape index (κ3) is 5.30. The highest BCUT2D eigenvalue weighted by molar-refractivity contribution is 7.89. The maximum atomic E-state index is 11.8. The summed E-state index contributed by atoms with van der Waals surface area (Å²) in [6.07, 6.45) is -0.261. The SMILES string of the molecule is COC(CNS(=O)(=O)CC(C)C)c1ccccc1C. The zero-order valence-electron chi connectivity index (χ0n) is 12.0. The number of sulfonamides is 1. The number of hydrogen-bond acceptors (Lipinski definition) is 3. The predicted molar refractivity (Wildman–Crippen MR) is 77.6 cm³/mol. The summed E-state index contributed by atoms with van der Waals surface area (Å²) >= 11 is 0. The summed E-state index contributed by atoms with van der Waals surface area (Å²) in [5.74, 6) is 0.244. The highest BCUT2D eigenvalue weighted by atomic mass is 32.2. The van der Waals surface area contributed by atoms with Gasteiger partial charge in [0, 0.05) is 13.7 Å². The number of aryl methyl sites for hydroxylation is 1. The minimum Gasteiger partial charge on any atom is -0.375 e. The van der Waals surface area contributed by atoms with Crippen molar-refractivity contribution in [1.82, 2.24) is 4.72 Å². The Kier molecular flexibility index (Phi) is 5.97. The summed E-state index contributed by atoms with van der Waals surface area (Å²) in [5, 5.41) is 0. The average Bonchev–Trinajstić information content (AvgIpc) is 2.30. The third-order valence-corrected chi connectivity index (χ3v) is 4.57. The van der Waals surface area contributed by atoms with Gasteiger partial charge in [-0.3, -0.25) is 0 Å². The van der Waals surface area contributed by atoms with Crippen molar-refractivity contribution in [3.63, 3.8) is 0 Å². The molecule has 19 heavy (non-hydrogen) atoms. The fourth-order valence-electron chi connectivity index (χ4n) is 1.97. The van der Waals surface area contributed by atoms with Crippen LogP contribution in [0.15, 0.2) is 24.3 Å². The lowest BCUT2D eigenvalue weighted by molar-refractivity contribution is 0.107. The number of benzene rings is 1. The highest BCUT2D eigenvalue weighted by Gasteiger charge is 2.18. The van der Waals surface area contributed by atoms with Crippen LogP contribution >= 0.6 is 0 Å². The van der Waals surface area contributed by atoms with E-state index in [0.717, 1.165) is 11.1 Å². The van der Waals surface area contributed by atoms with Crippen LogP contribution in [-0.2, 0) is 14.8 Å². The minimum absolute atomic E-state index is 0.108. The molecule has 0 aromatic heterocycles. The molecule has 5 heteroatoms. The number of nitrogens with one attached hydrogen (secondary N) is 1. The monoisotopic (exact) mass is 285 g/mol. The molecule has 1 unspecified atom stereocenters. The minimum atomic E-state index is -3.24. The summed E-state index contributed by atoms with van der Waals surface area (Å²) in [5.41, 5.74) is 2.11. The number of hydrogen-bond donors (Lipinski definition) is 1. The standard InChI is InChI=1S/C14H23NO3S/c1-11(2)10-19(16,17)15-9-14(18-4)13-8-6-5-7-12(13)3/h5-8,11,14-15H,9-10H2,1-4H3. The van der Waals surface area contributed by atoms with Gasteiger partial charge in [-0.15, -0.1) is 0 Å². The van der Waals surface area contributed by atoms with Crippen molar-refractivity contribution in [1.29, 1.82) is 0 Å². The van der Waals surface area contributed by atoms with Gasteiger partial charge in [0.05, 0.1) is 11.9 Å². The fourth-order valence-corrected chi connectivity index (χ4v) is 3.37. The Hall–Kier alpha value is -0.910. The Morgan fingerprint density at radius 3 is 2.42 bits per heavy atom. The molecule has 1 aromatic rings. The van der Waals surface area contributed by atoms with Crippen molar-refractivity contribution < 1.29 is 13.2 Å².